The second-order valence-corrected chi connectivity index (χ2v) is 7.70. The van der Waals surface area contributed by atoms with Gasteiger partial charge in [-0.05, 0) is 70.2 Å². The van der Waals surface area contributed by atoms with Crippen molar-refractivity contribution in [2.24, 2.45) is 0 Å². The summed E-state index contributed by atoms with van der Waals surface area (Å²) in [6.07, 6.45) is 0.445. The van der Waals surface area contributed by atoms with E-state index in [4.69, 9.17) is 5.11 Å². The molecular weight excluding hydrogens is 286 g/mol. The zero-order valence-electron chi connectivity index (χ0n) is 13.9. The third-order valence-corrected chi connectivity index (χ3v) is 6.33. The van der Waals surface area contributed by atoms with Gasteiger partial charge in [-0.25, -0.2) is 8.42 Å². The predicted octanol–water partition coefficient (Wildman–Crippen LogP) is 2.70. The molecule has 0 unspecified atom stereocenters. The molecule has 0 radical (unpaired) electrons. The Kier molecular flexibility index (Phi) is 5.96. The van der Waals surface area contributed by atoms with Crippen molar-refractivity contribution in [3.8, 4) is 0 Å². The van der Waals surface area contributed by atoms with Crippen LogP contribution in [0.5, 0.6) is 0 Å². The maximum Gasteiger partial charge on any atom is 0.243 e. The number of benzene rings is 1. The van der Waals surface area contributed by atoms with E-state index in [-0.39, 0.29) is 12.6 Å². The lowest BCUT2D eigenvalue weighted by molar-refractivity contribution is 0.258. The van der Waals surface area contributed by atoms with Crippen LogP contribution in [0.4, 0.5) is 0 Å². The highest BCUT2D eigenvalue weighted by molar-refractivity contribution is 7.89. The van der Waals surface area contributed by atoms with E-state index in [2.05, 4.69) is 0 Å². The van der Waals surface area contributed by atoms with E-state index in [0.29, 0.717) is 17.9 Å². The summed E-state index contributed by atoms with van der Waals surface area (Å²) < 4.78 is 27.6. The van der Waals surface area contributed by atoms with E-state index in [1.54, 1.807) is 0 Å². The smallest absolute Gasteiger partial charge is 0.243 e. The van der Waals surface area contributed by atoms with Crippen LogP contribution in [-0.4, -0.2) is 37.0 Å². The van der Waals surface area contributed by atoms with Gasteiger partial charge in [-0.2, -0.15) is 4.31 Å². The molecule has 5 heteroatoms. The van der Waals surface area contributed by atoms with Crippen molar-refractivity contribution in [3.63, 3.8) is 0 Å². The molecule has 0 bridgehead atoms. The Labute approximate surface area is 128 Å². The molecule has 21 heavy (non-hydrogen) atoms. The minimum Gasteiger partial charge on any atom is -0.396 e. The second-order valence-electron chi connectivity index (χ2n) is 5.88. The number of rotatable bonds is 6. The first kappa shape index (κ1) is 18.1. The van der Waals surface area contributed by atoms with Gasteiger partial charge in [0.15, 0.2) is 0 Å². The summed E-state index contributed by atoms with van der Waals surface area (Å²) in [5.41, 5.74) is 3.60. The maximum atomic E-state index is 13.1. The largest absolute Gasteiger partial charge is 0.396 e. The number of aryl methyl sites for hydroxylation is 2. The molecule has 0 heterocycles. The monoisotopic (exact) mass is 313 g/mol. The third-order valence-electron chi connectivity index (χ3n) is 3.98. The van der Waals surface area contributed by atoms with Crippen molar-refractivity contribution in [2.45, 2.75) is 58.9 Å². The SMILES string of the molecule is Cc1cc(C)c(C)c(S(=O)(=O)N(CCCO)C(C)C)c1C. The van der Waals surface area contributed by atoms with Gasteiger partial charge >= 0.3 is 0 Å². The highest BCUT2D eigenvalue weighted by Gasteiger charge is 2.30. The van der Waals surface area contributed by atoms with E-state index in [1.807, 2.05) is 47.6 Å². The van der Waals surface area contributed by atoms with Gasteiger partial charge in [-0.15, -0.1) is 0 Å². The van der Waals surface area contributed by atoms with Crippen molar-refractivity contribution in [3.05, 3.63) is 28.3 Å². The Morgan fingerprint density at radius 1 is 1.10 bits per heavy atom. The van der Waals surface area contributed by atoms with E-state index in [9.17, 15) is 8.42 Å². The molecule has 0 atom stereocenters. The average molecular weight is 313 g/mol. The van der Waals surface area contributed by atoms with Gasteiger partial charge in [0.2, 0.25) is 10.0 Å². The molecule has 0 aliphatic heterocycles. The molecule has 0 saturated heterocycles. The molecule has 1 N–H and O–H groups in total. The van der Waals surface area contributed by atoms with E-state index in [1.165, 1.54) is 4.31 Å². The van der Waals surface area contributed by atoms with Crippen molar-refractivity contribution >= 4 is 10.0 Å². The third kappa shape index (κ3) is 3.65. The molecule has 0 saturated carbocycles. The van der Waals surface area contributed by atoms with Crippen LogP contribution >= 0.6 is 0 Å². The Bertz CT molecular complexity index is 580. The van der Waals surface area contributed by atoms with Crippen molar-refractivity contribution in [2.75, 3.05) is 13.2 Å². The fourth-order valence-electron chi connectivity index (χ4n) is 2.57. The fourth-order valence-corrected chi connectivity index (χ4v) is 4.82. The first-order chi connectivity index (χ1) is 9.64. The molecule has 0 spiro atoms. The first-order valence-corrected chi connectivity index (χ1v) is 8.78. The summed E-state index contributed by atoms with van der Waals surface area (Å²) >= 11 is 0. The lowest BCUT2D eigenvalue weighted by Gasteiger charge is -2.28. The number of aliphatic hydroxyl groups is 1. The molecular formula is C16H27NO3S. The summed E-state index contributed by atoms with van der Waals surface area (Å²) in [6, 6.07) is 1.89. The number of aliphatic hydroxyl groups excluding tert-OH is 1. The minimum absolute atomic E-state index is 0.0104. The van der Waals surface area contributed by atoms with E-state index < -0.39 is 10.0 Å². The van der Waals surface area contributed by atoms with Crippen LogP contribution < -0.4 is 0 Å². The number of nitrogens with zero attached hydrogens (tertiary/aromatic N) is 1. The van der Waals surface area contributed by atoms with Crippen molar-refractivity contribution < 1.29 is 13.5 Å². The number of sulfonamides is 1. The summed E-state index contributed by atoms with van der Waals surface area (Å²) in [7, 11) is -3.56. The first-order valence-electron chi connectivity index (χ1n) is 7.34. The summed E-state index contributed by atoms with van der Waals surface area (Å²) in [4.78, 5) is 0.423. The normalized spacial score (nSPS) is 12.4. The van der Waals surface area contributed by atoms with Gasteiger partial charge in [0.25, 0.3) is 0 Å². The maximum absolute atomic E-state index is 13.1. The van der Waals surface area contributed by atoms with Crippen LogP contribution in [0.2, 0.25) is 0 Å². The molecule has 1 aromatic rings. The second kappa shape index (κ2) is 6.90. The highest BCUT2D eigenvalue weighted by Crippen LogP contribution is 2.29. The van der Waals surface area contributed by atoms with Gasteiger partial charge < -0.3 is 5.11 Å². The zero-order valence-corrected chi connectivity index (χ0v) is 14.7. The molecule has 0 aliphatic rings. The van der Waals surface area contributed by atoms with Crippen LogP contribution in [0.15, 0.2) is 11.0 Å². The van der Waals surface area contributed by atoms with Crippen LogP contribution in [0, 0.1) is 27.7 Å². The van der Waals surface area contributed by atoms with Gasteiger partial charge in [0.1, 0.15) is 0 Å². The Hall–Kier alpha value is -0.910. The van der Waals surface area contributed by atoms with E-state index in [0.717, 1.165) is 22.3 Å². The standard InChI is InChI=1S/C16H27NO3S/c1-11(2)17(8-7-9-18)21(19,20)16-14(5)12(3)10-13(4)15(16)6/h10-11,18H,7-9H2,1-6H3. The lowest BCUT2D eigenvalue weighted by Crippen LogP contribution is -2.38. The number of hydrogen-bond acceptors (Lipinski definition) is 3. The Morgan fingerprint density at radius 3 is 1.95 bits per heavy atom. The predicted molar refractivity (Wildman–Crippen MR) is 86.1 cm³/mol. The summed E-state index contributed by atoms with van der Waals surface area (Å²) in [5, 5.41) is 9.01. The summed E-state index contributed by atoms with van der Waals surface area (Å²) in [5.74, 6) is 0. The molecule has 1 aromatic carbocycles. The fraction of sp³-hybridized carbons (Fsp3) is 0.625. The van der Waals surface area contributed by atoms with Gasteiger partial charge in [-0.3, -0.25) is 0 Å². The van der Waals surface area contributed by atoms with Gasteiger partial charge in [0.05, 0.1) is 4.90 Å². The van der Waals surface area contributed by atoms with Crippen molar-refractivity contribution in [1.29, 1.82) is 0 Å². The van der Waals surface area contributed by atoms with Crippen LogP contribution in [0.1, 0.15) is 42.5 Å². The van der Waals surface area contributed by atoms with Crippen LogP contribution in [0.25, 0.3) is 0 Å². The molecule has 0 aromatic heterocycles. The molecule has 0 fully saturated rings. The molecule has 120 valence electrons. The molecule has 4 nitrogen and oxygen atoms in total. The minimum atomic E-state index is -3.56. The lowest BCUT2D eigenvalue weighted by atomic mass is 10.0. The molecule has 0 amide bonds. The summed E-state index contributed by atoms with van der Waals surface area (Å²) in [6.45, 7) is 11.7. The molecule has 1 rings (SSSR count). The zero-order chi connectivity index (χ0) is 16.4. The van der Waals surface area contributed by atoms with Crippen molar-refractivity contribution in [1.82, 2.24) is 4.31 Å². The van der Waals surface area contributed by atoms with E-state index >= 15 is 0 Å². The average Bonchev–Trinajstić information content (AvgIpc) is 2.36. The Balaban J connectivity index is 3.48. The molecule has 0 aliphatic carbocycles. The topological polar surface area (TPSA) is 57.6 Å². The highest BCUT2D eigenvalue weighted by atomic mass is 32.2. The number of hydrogen-bond donors (Lipinski definition) is 1. The Morgan fingerprint density at radius 2 is 1.57 bits per heavy atom. The van der Waals surface area contributed by atoms with Gasteiger partial charge in [-0.1, -0.05) is 6.07 Å². The van der Waals surface area contributed by atoms with Crippen LogP contribution in [-0.2, 0) is 10.0 Å². The quantitative estimate of drug-likeness (QED) is 0.878. The van der Waals surface area contributed by atoms with Gasteiger partial charge in [0, 0.05) is 19.2 Å². The van der Waals surface area contributed by atoms with Crippen LogP contribution in [0.3, 0.4) is 0 Å².